The van der Waals surface area contributed by atoms with Crippen LogP contribution in [-0.2, 0) is 16.6 Å². The fourth-order valence-corrected chi connectivity index (χ4v) is 5.28. The summed E-state index contributed by atoms with van der Waals surface area (Å²) in [6, 6.07) is 27.5. The van der Waals surface area contributed by atoms with Crippen molar-refractivity contribution in [1.82, 2.24) is 4.31 Å². The molecular formula is C29H24FNO4S. The molecule has 36 heavy (non-hydrogen) atoms. The Balaban J connectivity index is 1.67. The number of hydrogen-bond acceptors (Lipinski definition) is 4. The lowest BCUT2D eigenvalue weighted by Gasteiger charge is -2.23. The van der Waals surface area contributed by atoms with Crippen molar-refractivity contribution in [2.45, 2.75) is 18.4 Å². The van der Waals surface area contributed by atoms with E-state index < -0.39 is 10.0 Å². The van der Waals surface area contributed by atoms with Crippen LogP contribution in [0.15, 0.2) is 108 Å². The van der Waals surface area contributed by atoms with Gasteiger partial charge in [-0.25, -0.2) is 12.8 Å². The number of aryl methyl sites for hydroxylation is 1. The van der Waals surface area contributed by atoms with Crippen LogP contribution in [0.2, 0.25) is 0 Å². The standard InChI is InChI=1S/C29H24FNO4S/c1-21-7-14-26(15-8-21)36(32,33)31(18-22-5-3-2-4-6-22)19-27(23-9-12-25(30)13-10-23)24-11-16-28-29(17-24)35-20-34-28/h2-17,19H,18,20H2,1H3/b27-19-. The Morgan fingerprint density at radius 3 is 2.25 bits per heavy atom. The molecule has 5 nitrogen and oxygen atoms in total. The van der Waals surface area contributed by atoms with Crippen molar-refractivity contribution in [1.29, 1.82) is 0 Å². The van der Waals surface area contributed by atoms with E-state index in [1.165, 1.54) is 16.4 Å². The van der Waals surface area contributed by atoms with Gasteiger partial charge in [-0.1, -0.05) is 66.2 Å². The first-order valence-corrected chi connectivity index (χ1v) is 12.8. The van der Waals surface area contributed by atoms with E-state index in [0.717, 1.165) is 11.1 Å². The molecule has 0 saturated heterocycles. The van der Waals surface area contributed by atoms with Crippen LogP contribution < -0.4 is 9.47 Å². The molecule has 1 aliphatic rings. The van der Waals surface area contributed by atoms with Gasteiger partial charge < -0.3 is 9.47 Å². The lowest BCUT2D eigenvalue weighted by Crippen LogP contribution is -2.26. The second kappa shape index (κ2) is 9.87. The Kier molecular flexibility index (Phi) is 6.48. The molecule has 0 atom stereocenters. The SMILES string of the molecule is Cc1ccc(S(=O)(=O)N(/C=C(/c2ccc(F)cc2)c2ccc3c(c2)OCO3)Cc2ccccc2)cc1. The molecule has 7 heteroatoms. The van der Waals surface area contributed by atoms with Crippen molar-refractivity contribution in [2.75, 3.05) is 6.79 Å². The fourth-order valence-electron chi connectivity index (χ4n) is 3.96. The van der Waals surface area contributed by atoms with Crippen LogP contribution in [0.5, 0.6) is 11.5 Å². The molecule has 0 fully saturated rings. The molecule has 1 heterocycles. The van der Waals surface area contributed by atoms with Gasteiger partial charge in [-0.3, -0.25) is 4.31 Å². The minimum atomic E-state index is -3.92. The summed E-state index contributed by atoms with van der Waals surface area (Å²) >= 11 is 0. The summed E-state index contributed by atoms with van der Waals surface area (Å²) in [6.45, 7) is 2.15. The number of sulfonamides is 1. The van der Waals surface area contributed by atoms with Gasteiger partial charge in [0.25, 0.3) is 10.0 Å². The summed E-state index contributed by atoms with van der Waals surface area (Å²) in [4.78, 5) is 0.185. The van der Waals surface area contributed by atoms with Crippen LogP contribution in [0.4, 0.5) is 4.39 Å². The molecule has 0 aromatic heterocycles. The van der Waals surface area contributed by atoms with E-state index in [0.29, 0.717) is 28.2 Å². The van der Waals surface area contributed by atoms with Crippen molar-refractivity contribution in [3.8, 4) is 11.5 Å². The molecule has 0 spiro atoms. The topological polar surface area (TPSA) is 55.8 Å². The Labute approximate surface area is 210 Å². The zero-order valence-corrected chi connectivity index (χ0v) is 20.4. The minimum Gasteiger partial charge on any atom is -0.454 e. The predicted octanol–water partition coefficient (Wildman–Crippen LogP) is 6.14. The van der Waals surface area contributed by atoms with Gasteiger partial charge in [-0.2, -0.15) is 0 Å². The van der Waals surface area contributed by atoms with Gasteiger partial charge in [0.1, 0.15) is 5.82 Å². The third-order valence-electron chi connectivity index (χ3n) is 5.92. The summed E-state index contributed by atoms with van der Waals surface area (Å²) in [7, 11) is -3.92. The molecule has 0 unspecified atom stereocenters. The van der Waals surface area contributed by atoms with E-state index in [-0.39, 0.29) is 24.1 Å². The molecule has 0 saturated carbocycles. The van der Waals surface area contributed by atoms with Gasteiger partial charge in [-0.15, -0.1) is 0 Å². The highest BCUT2D eigenvalue weighted by atomic mass is 32.2. The molecule has 0 radical (unpaired) electrons. The lowest BCUT2D eigenvalue weighted by molar-refractivity contribution is 0.174. The Morgan fingerprint density at radius 1 is 0.861 bits per heavy atom. The van der Waals surface area contributed by atoms with E-state index in [1.54, 1.807) is 54.7 Å². The van der Waals surface area contributed by atoms with E-state index in [2.05, 4.69) is 0 Å². The first-order valence-electron chi connectivity index (χ1n) is 11.4. The number of ether oxygens (including phenoxy) is 2. The number of hydrogen-bond donors (Lipinski definition) is 0. The smallest absolute Gasteiger partial charge is 0.264 e. The first-order chi connectivity index (χ1) is 17.4. The van der Waals surface area contributed by atoms with Crippen LogP contribution in [0, 0.1) is 12.7 Å². The van der Waals surface area contributed by atoms with E-state index in [1.807, 2.05) is 43.3 Å². The quantitative estimate of drug-likeness (QED) is 0.305. The number of rotatable bonds is 7. The molecule has 4 aromatic rings. The Bertz CT molecular complexity index is 1500. The molecule has 1 aliphatic heterocycles. The van der Waals surface area contributed by atoms with E-state index in [4.69, 9.17) is 9.47 Å². The first kappa shape index (κ1) is 23.6. The third kappa shape index (κ3) is 4.97. The maximum absolute atomic E-state index is 13.9. The highest BCUT2D eigenvalue weighted by Crippen LogP contribution is 2.37. The zero-order valence-electron chi connectivity index (χ0n) is 19.6. The molecule has 0 N–H and O–H groups in total. The monoisotopic (exact) mass is 501 g/mol. The summed E-state index contributed by atoms with van der Waals surface area (Å²) in [5.74, 6) is 0.805. The molecule has 0 bridgehead atoms. The van der Waals surface area contributed by atoms with Gasteiger partial charge >= 0.3 is 0 Å². The van der Waals surface area contributed by atoms with Crippen molar-refractivity contribution < 1.29 is 22.3 Å². The largest absolute Gasteiger partial charge is 0.454 e. The van der Waals surface area contributed by atoms with E-state index >= 15 is 0 Å². The van der Waals surface area contributed by atoms with Crippen LogP contribution in [0.25, 0.3) is 5.57 Å². The van der Waals surface area contributed by atoms with Crippen molar-refractivity contribution in [3.63, 3.8) is 0 Å². The second-order valence-electron chi connectivity index (χ2n) is 8.47. The van der Waals surface area contributed by atoms with Crippen molar-refractivity contribution in [3.05, 3.63) is 131 Å². The van der Waals surface area contributed by atoms with Crippen LogP contribution in [-0.4, -0.2) is 19.5 Å². The highest BCUT2D eigenvalue weighted by molar-refractivity contribution is 7.89. The highest BCUT2D eigenvalue weighted by Gasteiger charge is 2.24. The van der Waals surface area contributed by atoms with Crippen molar-refractivity contribution >= 4 is 15.6 Å². The summed E-state index contributed by atoms with van der Waals surface area (Å²) in [5, 5.41) is 0. The number of halogens is 1. The Hall–Kier alpha value is -4.10. The summed E-state index contributed by atoms with van der Waals surface area (Å²) in [6.07, 6.45) is 1.60. The average molecular weight is 502 g/mol. The molecule has 5 rings (SSSR count). The average Bonchev–Trinajstić information content (AvgIpc) is 3.36. The Morgan fingerprint density at radius 2 is 1.53 bits per heavy atom. The number of nitrogens with zero attached hydrogens (tertiary/aromatic N) is 1. The van der Waals surface area contributed by atoms with Crippen LogP contribution in [0.3, 0.4) is 0 Å². The van der Waals surface area contributed by atoms with Gasteiger partial charge in [-0.05, 0) is 60.0 Å². The predicted molar refractivity (Wildman–Crippen MR) is 136 cm³/mol. The number of fused-ring (bicyclic) bond motifs is 1. The van der Waals surface area contributed by atoms with Crippen molar-refractivity contribution in [2.24, 2.45) is 0 Å². The minimum absolute atomic E-state index is 0.117. The van der Waals surface area contributed by atoms with Gasteiger partial charge in [0.15, 0.2) is 11.5 Å². The van der Waals surface area contributed by atoms with Crippen LogP contribution >= 0.6 is 0 Å². The molecule has 0 aliphatic carbocycles. The maximum Gasteiger partial charge on any atom is 0.264 e. The second-order valence-corrected chi connectivity index (χ2v) is 10.4. The molecule has 4 aromatic carbocycles. The normalized spacial score (nSPS) is 13.0. The molecule has 0 amide bonds. The van der Waals surface area contributed by atoms with Gasteiger partial charge in [0, 0.05) is 11.8 Å². The van der Waals surface area contributed by atoms with Gasteiger partial charge in [0.05, 0.1) is 11.4 Å². The molecule has 182 valence electrons. The summed E-state index contributed by atoms with van der Waals surface area (Å²) < 4.78 is 53.8. The number of benzene rings is 4. The lowest BCUT2D eigenvalue weighted by atomic mass is 9.98. The van der Waals surface area contributed by atoms with Crippen LogP contribution in [0.1, 0.15) is 22.3 Å². The zero-order chi connectivity index (χ0) is 25.1. The van der Waals surface area contributed by atoms with E-state index in [9.17, 15) is 12.8 Å². The fraction of sp³-hybridized carbons (Fsp3) is 0.103. The van der Waals surface area contributed by atoms with Gasteiger partial charge in [0.2, 0.25) is 6.79 Å². The molecular weight excluding hydrogens is 477 g/mol. The third-order valence-corrected chi connectivity index (χ3v) is 7.64. The maximum atomic E-state index is 13.9. The summed E-state index contributed by atoms with van der Waals surface area (Å²) in [5.41, 5.74) is 3.76.